The van der Waals surface area contributed by atoms with Gasteiger partial charge < -0.3 is 14.2 Å². The van der Waals surface area contributed by atoms with Crippen molar-refractivity contribution in [1.29, 1.82) is 0 Å². The minimum atomic E-state index is -0.958. The number of carbonyl (C=O) groups is 2. The Balaban J connectivity index is 1.66. The molecule has 220 valence electrons. The summed E-state index contributed by atoms with van der Waals surface area (Å²) >= 11 is 0. The van der Waals surface area contributed by atoms with Gasteiger partial charge in [0.05, 0.1) is 12.2 Å². The molecule has 41 heavy (non-hydrogen) atoms. The van der Waals surface area contributed by atoms with Gasteiger partial charge in [-0.1, -0.05) is 114 Å². The van der Waals surface area contributed by atoms with Gasteiger partial charge in [0.15, 0.2) is 0 Å². The van der Waals surface area contributed by atoms with Crippen LogP contribution in [0.15, 0.2) is 72.8 Å². The Labute approximate surface area is 246 Å². The first-order valence-electron chi connectivity index (χ1n) is 15.4. The van der Waals surface area contributed by atoms with Crippen molar-refractivity contribution in [2.24, 2.45) is 0 Å². The Kier molecular flexibility index (Phi) is 14.0. The molecule has 0 aliphatic rings. The van der Waals surface area contributed by atoms with E-state index in [1.165, 1.54) is 32.1 Å². The molecule has 0 amide bonds. The summed E-state index contributed by atoms with van der Waals surface area (Å²) in [6, 6.07) is 23.3. The van der Waals surface area contributed by atoms with E-state index in [0.29, 0.717) is 5.56 Å². The minimum Gasteiger partial charge on any atom is -0.494 e. The molecule has 5 heteroatoms. The number of esters is 1. The lowest BCUT2D eigenvalue weighted by Gasteiger charge is -2.14. The largest absolute Gasteiger partial charge is 0.516 e. The standard InChI is InChI=1S/C36H46O5/c1-4-6-8-10-11-16-26-39-32-23-20-30(21-24-32)33-25-22-31(27-34(33)29-18-14-12-15-19-29)35(37)41-36(38)40-28(3)17-13-9-7-5-2/h12,14-15,18-25,27-28H,4-11,13,16-17,26H2,1-3H3/t28-/m0/s1. The number of hydrogen-bond donors (Lipinski definition) is 0. The number of benzene rings is 3. The molecule has 5 nitrogen and oxygen atoms in total. The molecule has 0 aromatic heterocycles. The molecule has 0 N–H and O–H groups in total. The quantitative estimate of drug-likeness (QED) is 0.0937. The molecule has 0 bridgehead atoms. The molecule has 0 heterocycles. The Hall–Kier alpha value is -3.60. The highest BCUT2D eigenvalue weighted by Crippen LogP contribution is 2.34. The van der Waals surface area contributed by atoms with E-state index in [1.807, 2.05) is 67.6 Å². The minimum absolute atomic E-state index is 0.291. The summed E-state index contributed by atoms with van der Waals surface area (Å²) in [4.78, 5) is 25.1. The lowest BCUT2D eigenvalue weighted by molar-refractivity contribution is 0.0231. The predicted octanol–water partition coefficient (Wildman–Crippen LogP) is 10.4. The van der Waals surface area contributed by atoms with Crippen molar-refractivity contribution in [3.8, 4) is 28.0 Å². The summed E-state index contributed by atoms with van der Waals surface area (Å²) in [6.07, 6.45) is 11.3. The molecular weight excluding hydrogens is 512 g/mol. The van der Waals surface area contributed by atoms with E-state index in [1.54, 1.807) is 12.1 Å². The van der Waals surface area contributed by atoms with Crippen LogP contribution in [0.4, 0.5) is 4.79 Å². The van der Waals surface area contributed by atoms with Crippen molar-refractivity contribution >= 4 is 12.1 Å². The molecule has 0 saturated heterocycles. The first kappa shape index (κ1) is 31.9. The average Bonchev–Trinajstić information content (AvgIpc) is 2.99. The zero-order chi connectivity index (χ0) is 29.3. The molecule has 1 atom stereocenters. The fraction of sp³-hybridized carbons (Fsp3) is 0.444. The second kappa shape index (κ2) is 18.0. The highest BCUT2D eigenvalue weighted by atomic mass is 16.7. The first-order chi connectivity index (χ1) is 20.0. The van der Waals surface area contributed by atoms with E-state index in [4.69, 9.17) is 14.2 Å². The predicted molar refractivity (Wildman–Crippen MR) is 166 cm³/mol. The van der Waals surface area contributed by atoms with Gasteiger partial charge in [0.2, 0.25) is 0 Å². The van der Waals surface area contributed by atoms with E-state index in [-0.39, 0.29) is 6.10 Å². The molecule has 0 aliphatic heterocycles. The van der Waals surface area contributed by atoms with E-state index >= 15 is 0 Å². The van der Waals surface area contributed by atoms with E-state index < -0.39 is 12.1 Å². The van der Waals surface area contributed by atoms with Crippen LogP contribution in [0.2, 0.25) is 0 Å². The van der Waals surface area contributed by atoms with Crippen LogP contribution < -0.4 is 4.74 Å². The normalized spacial score (nSPS) is 11.6. The topological polar surface area (TPSA) is 61.8 Å². The SMILES string of the molecule is CCCCCCCCOc1ccc(-c2ccc(C(=O)OC(=O)O[C@@H](C)CCCCCC)cc2-c2ccccc2)cc1. The van der Waals surface area contributed by atoms with Gasteiger partial charge in [-0.25, -0.2) is 9.59 Å². The van der Waals surface area contributed by atoms with Crippen molar-refractivity contribution in [2.75, 3.05) is 6.61 Å². The van der Waals surface area contributed by atoms with Gasteiger partial charge in [-0.2, -0.15) is 0 Å². The smallest absolute Gasteiger partial charge is 0.494 e. The van der Waals surface area contributed by atoms with E-state index in [2.05, 4.69) is 13.8 Å². The number of rotatable bonds is 17. The molecule has 0 spiro atoms. The summed E-state index contributed by atoms with van der Waals surface area (Å²) in [5.74, 6) is 0.122. The molecule has 3 rings (SSSR count). The number of carbonyl (C=O) groups excluding carboxylic acids is 2. The fourth-order valence-corrected chi connectivity index (χ4v) is 4.82. The Morgan fingerprint density at radius 3 is 2.02 bits per heavy atom. The number of unbranched alkanes of at least 4 members (excludes halogenated alkanes) is 8. The van der Waals surface area contributed by atoms with Crippen LogP contribution in [0.5, 0.6) is 5.75 Å². The molecule has 0 saturated carbocycles. The van der Waals surface area contributed by atoms with Gasteiger partial charge in [-0.3, -0.25) is 0 Å². The third-order valence-electron chi connectivity index (χ3n) is 7.21. The van der Waals surface area contributed by atoms with Crippen LogP contribution in [-0.2, 0) is 9.47 Å². The van der Waals surface area contributed by atoms with E-state index in [9.17, 15) is 9.59 Å². The first-order valence-corrected chi connectivity index (χ1v) is 15.4. The van der Waals surface area contributed by atoms with Gasteiger partial charge in [0, 0.05) is 0 Å². The van der Waals surface area contributed by atoms with Gasteiger partial charge in [-0.05, 0) is 72.7 Å². The van der Waals surface area contributed by atoms with Crippen LogP contribution >= 0.6 is 0 Å². The summed E-state index contributed by atoms with van der Waals surface area (Å²) in [5.41, 5.74) is 4.10. The summed E-state index contributed by atoms with van der Waals surface area (Å²) in [6.45, 7) is 6.93. The summed E-state index contributed by atoms with van der Waals surface area (Å²) in [7, 11) is 0. The Morgan fingerprint density at radius 1 is 0.683 bits per heavy atom. The van der Waals surface area contributed by atoms with Gasteiger partial charge in [-0.15, -0.1) is 0 Å². The van der Waals surface area contributed by atoms with Gasteiger partial charge in [0.25, 0.3) is 0 Å². The number of ether oxygens (including phenoxy) is 3. The third-order valence-corrected chi connectivity index (χ3v) is 7.21. The van der Waals surface area contributed by atoms with Crippen molar-refractivity contribution in [1.82, 2.24) is 0 Å². The molecule has 3 aromatic rings. The highest BCUT2D eigenvalue weighted by Gasteiger charge is 2.19. The highest BCUT2D eigenvalue weighted by molar-refractivity contribution is 5.98. The van der Waals surface area contributed by atoms with Crippen molar-refractivity contribution in [3.05, 3.63) is 78.4 Å². The van der Waals surface area contributed by atoms with E-state index in [0.717, 1.165) is 73.1 Å². The zero-order valence-corrected chi connectivity index (χ0v) is 25.0. The van der Waals surface area contributed by atoms with Crippen molar-refractivity contribution in [2.45, 2.75) is 97.5 Å². The maximum Gasteiger partial charge on any atom is 0.516 e. The lowest BCUT2D eigenvalue weighted by Crippen LogP contribution is -2.19. The van der Waals surface area contributed by atoms with Crippen LogP contribution in [0.3, 0.4) is 0 Å². The molecule has 0 radical (unpaired) electrons. The molecular formula is C36H46O5. The lowest BCUT2D eigenvalue weighted by atomic mass is 9.93. The summed E-state index contributed by atoms with van der Waals surface area (Å²) in [5, 5.41) is 0. The third kappa shape index (κ3) is 11.1. The maximum atomic E-state index is 12.9. The molecule has 0 fully saturated rings. The van der Waals surface area contributed by atoms with Gasteiger partial charge in [0.1, 0.15) is 11.9 Å². The Morgan fingerprint density at radius 2 is 1.32 bits per heavy atom. The van der Waals surface area contributed by atoms with Gasteiger partial charge >= 0.3 is 12.1 Å². The maximum absolute atomic E-state index is 12.9. The van der Waals surface area contributed by atoms with Crippen molar-refractivity contribution < 1.29 is 23.8 Å². The second-order valence-electron chi connectivity index (χ2n) is 10.7. The zero-order valence-electron chi connectivity index (χ0n) is 25.0. The molecule has 0 aliphatic carbocycles. The molecule has 3 aromatic carbocycles. The fourth-order valence-electron chi connectivity index (χ4n) is 4.82. The summed E-state index contributed by atoms with van der Waals surface area (Å²) < 4.78 is 16.3. The van der Waals surface area contributed by atoms with Crippen molar-refractivity contribution in [3.63, 3.8) is 0 Å². The molecule has 0 unspecified atom stereocenters. The van der Waals surface area contributed by atoms with Crippen LogP contribution in [0.1, 0.15) is 102 Å². The van der Waals surface area contributed by atoms with Crippen LogP contribution in [0, 0.1) is 0 Å². The Bertz CT molecular complexity index is 1190. The van der Waals surface area contributed by atoms with Crippen LogP contribution in [0.25, 0.3) is 22.3 Å². The second-order valence-corrected chi connectivity index (χ2v) is 10.7. The monoisotopic (exact) mass is 558 g/mol. The average molecular weight is 559 g/mol. The van der Waals surface area contributed by atoms with Crippen LogP contribution in [-0.4, -0.2) is 24.8 Å². The number of hydrogen-bond acceptors (Lipinski definition) is 5.